The van der Waals surface area contributed by atoms with E-state index in [1.165, 1.54) is 0 Å². The second-order valence-electron chi connectivity index (χ2n) is 11.1. The largest absolute Gasteiger partial charge is 0.487 e. The molecule has 3 N–H and O–H groups in total. The Labute approximate surface area is 190 Å². The molecule has 2 amide bonds. The van der Waals surface area contributed by atoms with E-state index >= 15 is 0 Å². The lowest BCUT2D eigenvalue weighted by Crippen LogP contribution is -2.53. The highest BCUT2D eigenvalue weighted by molar-refractivity contribution is 5.99. The summed E-state index contributed by atoms with van der Waals surface area (Å²) in [6.45, 7) is 12.6. The van der Waals surface area contributed by atoms with Gasteiger partial charge in [-0.25, -0.2) is 4.99 Å². The Bertz CT molecular complexity index is 972. The summed E-state index contributed by atoms with van der Waals surface area (Å²) in [7, 11) is 0. The number of ether oxygens (including phenoxy) is 1. The molecule has 4 atom stereocenters. The van der Waals surface area contributed by atoms with Crippen LogP contribution < -0.4 is 15.8 Å². The van der Waals surface area contributed by atoms with Crippen molar-refractivity contribution >= 4 is 17.8 Å². The van der Waals surface area contributed by atoms with Gasteiger partial charge in [0.05, 0.1) is 23.4 Å². The minimum Gasteiger partial charge on any atom is -0.487 e. The average Bonchev–Trinajstić information content (AvgIpc) is 3.35. The number of para-hydroxylation sites is 1. The van der Waals surface area contributed by atoms with Crippen molar-refractivity contribution in [2.24, 2.45) is 28.0 Å². The molecule has 1 aromatic carbocycles. The molecule has 1 fully saturated rings. The van der Waals surface area contributed by atoms with Gasteiger partial charge in [-0.3, -0.25) is 14.5 Å². The lowest BCUT2D eigenvalue weighted by Gasteiger charge is -2.38. The summed E-state index contributed by atoms with van der Waals surface area (Å²) in [5, 5.41) is 3.27. The highest BCUT2D eigenvalue weighted by Crippen LogP contribution is 2.53. The molecule has 32 heavy (non-hydrogen) atoms. The van der Waals surface area contributed by atoms with E-state index in [4.69, 9.17) is 10.5 Å². The summed E-state index contributed by atoms with van der Waals surface area (Å²) in [5.74, 6) is 1.38. The van der Waals surface area contributed by atoms with Gasteiger partial charge in [0.25, 0.3) is 0 Å². The number of nitrogens with zero attached hydrogens (tertiary/aromatic N) is 2. The highest BCUT2D eigenvalue weighted by atomic mass is 16.5. The lowest BCUT2D eigenvalue weighted by atomic mass is 9.84. The number of carbonyl (C=O) groups is 2. The first-order valence-corrected chi connectivity index (χ1v) is 11.6. The summed E-state index contributed by atoms with van der Waals surface area (Å²) < 4.78 is 6.09. The van der Waals surface area contributed by atoms with E-state index in [-0.39, 0.29) is 41.3 Å². The first-order valence-electron chi connectivity index (χ1n) is 11.6. The van der Waals surface area contributed by atoms with Crippen LogP contribution in [-0.4, -0.2) is 40.4 Å². The van der Waals surface area contributed by atoms with Crippen molar-refractivity contribution in [2.45, 2.75) is 78.0 Å². The number of benzene rings is 1. The van der Waals surface area contributed by atoms with Crippen molar-refractivity contribution in [3.63, 3.8) is 0 Å². The molecule has 0 saturated heterocycles. The number of nitrogens with one attached hydrogen (secondary N) is 1. The number of guanidine groups is 1. The molecule has 0 radical (unpaired) electrons. The Morgan fingerprint density at radius 3 is 2.59 bits per heavy atom. The van der Waals surface area contributed by atoms with E-state index in [1.54, 1.807) is 4.90 Å². The van der Waals surface area contributed by atoms with E-state index in [2.05, 4.69) is 24.2 Å². The van der Waals surface area contributed by atoms with Gasteiger partial charge in [-0.2, -0.15) is 0 Å². The van der Waals surface area contributed by atoms with Crippen LogP contribution in [0.3, 0.4) is 0 Å². The number of hydrogen-bond donors (Lipinski definition) is 2. The number of rotatable bonds is 5. The van der Waals surface area contributed by atoms with Crippen LogP contribution in [0.25, 0.3) is 0 Å². The molecule has 3 aliphatic rings. The molecule has 174 valence electrons. The molecule has 2 heterocycles. The lowest BCUT2D eigenvalue weighted by molar-refractivity contribution is -0.131. The highest BCUT2D eigenvalue weighted by Gasteiger charge is 2.57. The quantitative estimate of drug-likeness (QED) is 0.733. The van der Waals surface area contributed by atoms with Gasteiger partial charge >= 0.3 is 0 Å². The Kier molecular flexibility index (Phi) is 5.30. The Balaban J connectivity index is 1.44. The first kappa shape index (κ1) is 22.6. The summed E-state index contributed by atoms with van der Waals surface area (Å²) in [4.78, 5) is 32.4. The van der Waals surface area contributed by atoms with Crippen LogP contribution in [0, 0.1) is 17.3 Å². The standard InChI is InChI=1S/C25H36N4O3/c1-15(2)25(6)13-20(30)29(22(26)28-25)14-16-11-24(16,5)21(31)27-18-12-23(3,4)32-19-10-8-7-9-17(18)19/h7-10,15-16,18H,11-14H2,1-6H3,(H2,26,28)(H,27,31)/t16-,18+,24+,25+/m1/s1. The van der Waals surface area contributed by atoms with Crippen molar-refractivity contribution in [1.29, 1.82) is 0 Å². The molecule has 1 aromatic rings. The first-order chi connectivity index (χ1) is 14.8. The molecule has 2 aliphatic heterocycles. The zero-order valence-corrected chi connectivity index (χ0v) is 20.1. The van der Waals surface area contributed by atoms with Crippen molar-refractivity contribution in [3.8, 4) is 5.75 Å². The third-order valence-electron chi connectivity index (χ3n) is 7.72. The van der Waals surface area contributed by atoms with Gasteiger partial charge in [0.1, 0.15) is 11.4 Å². The van der Waals surface area contributed by atoms with Crippen LogP contribution in [0.4, 0.5) is 0 Å². The van der Waals surface area contributed by atoms with Crippen LogP contribution >= 0.6 is 0 Å². The molecular weight excluding hydrogens is 404 g/mol. The molecular formula is C25H36N4O3. The van der Waals surface area contributed by atoms with E-state index in [9.17, 15) is 9.59 Å². The fraction of sp³-hybridized carbons (Fsp3) is 0.640. The number of hydrogen-bond acceptors (Lipinski definition) is 5. The van der Waals surface area contributed by atoms with Gasteiger partial charge in [0, 0.05) is 18.5 Å². The topological polar surface area (TPSA) is 97.0 Å². The second-order valence-corrected chi connectivity index (χ2v) is 11.1. The summed E-state index contributed by atoms with van der Waals surface area (Å²) in [6, 6.07) is 7.78. The maximum absolute atomic E-state index is 13.3. The zero-order valence-electron chi connectivity index (χ0n) is 20.1. The van der Waals surface area contributed by atoms with Gasteiger partial charge in [-0.05, 0) is 45.1 Å². The molecule has 7 heteroatoms. The molecule has 0 spiro atoms. The average molecular weight is 441 g/mol. The van der Waals surface area contributed by atoms with E-state index in [0.717, 1.165) is 17.7 Å². The minimum absolute atomic E-state index is 0.0107. The van der Waals surface area contributed by atoms with Crippen LogP contribution in [0.15, 0.2) is 29.3 Å². The molecule has 0 bridgehead atoms. The fourth-order valence-electron chi connectivity index (χ4n) is 4.89. The van der Waals surface area contributed by atoms with Crippen molar-refractivity contribution in [2.75, 3.05) is 6.54 Å². The number of nitrogens with two attached hydrogens (primary N) is 1. The SMILES string of the molecule is CC(C)[C@]1(C)CC(=O)N(C[C@H]2C[C@]2(C)C(=O)N[C@H]2CC(C)(C)Oc3ccccc32)C(N)=N1. The number of amides is 2. The molecule has 0 aromatic heterocycles. The smallest absolute Gasteiger partial charge is 0.231 e. The van der Waals surface area contributed by atoms with Crippen LogP contribution in [0.2, 0.25) is 0 Å². The maximum Gasteiger partial charge on any atom is 0.231 e. The second kappa shape index (κ2) is 7.49. The van der Waals surface area contributed by atoms with E-state index in [1.807, 2.05) is 52.0 Å². The van der Waals surface area contributed by atoms with Crippen molar-refractivity contribution in [3.05, 3.63) is 29.8 Å². The maximum atomic E-state index is 13.3. The van der Waals surface area contributed by atoms with Gasteiger partial charge in [-0.15, -0.1) is 0 Å². The molecule has 1 aliphatic carbocycles. The Hall–Kier alpha value is -2.57. The van der Waals surface area contributed by atoms with Crippen molar-refractivity contribution in [1.82, 2.24) is 10.2 Å². The molecule has 1 saturated carbocycles. The van der Waals surface area contributed by atoms with Gasteiger partial charge in [-0.1, -0.05) is 39.0 Å². The Morgan fingerprint density at radius 2 is 1.94 bits per heavy atom. The van der Waals surface area contributed by atoms with Crippen LogP contribution in [0.5, 0.6) is 5.75 Å². The predicted octanol–water partition coefficient (Wildman–Crippen LogP) is 3.39. The normalized spacial score (nSPS) is 33.3. The number of carbonyl (C=O) groups excluding carboxylic acids is 2. The molecule has 7 nitrogen and oxygen atoms in total. The third kappa shape index (κ3) is 3.97. The van der Waals surface area contributed by atoms with E-state index < -0.39 is 11.0 Å². The van der Waals surface area contributed by atoms with Gasteiger partial charge in [0.15, 0.2) is 5.96 Å². The third-order valence-corrected chi connectivity index (χ3v) is 7.72. The summed E-state index contributed by atoms with van der Waals surface area (Å²) in [6.07, 6.45) is 1.77. The van der Waals surface area contributed by atoms with Crippen LogP contribution in [-0.2, 0) is 9.59 Å². The molecule has 0 unspecified atom stereocenters. The van der Waals surface area contributed by atoms with Crippen LogP contribution in [0.1, 0.15) is 72.4 Å². The predicted molar refractivity (Wildman–Crippen MR) is 124 cm³/mol. The number of fused-ring (bicyclic) bond motifs is 1. The minimum atomic E-state index is -0.517. The van der Waals surface area contributed by atoms with Gasteiger partial charge < -0.3 is 15.8 Å². The summed E-state index contributed by atoms with van der Waals surface area (Å²) >= 11 is 0. The van der Waals surface area contributed by atoms with Crippen molar-refractivity contribution < 1.29 is 14.3 Å². The summed E-state index contributed by atoms with van der Waals surface area (Å²) in [5.41, 5.74) is 5.87. The van der Waals surface area contributed by atoms with Gasteiger partial charge in [0.2, 0.25) is 11.8 Å². The number of aliphatic imine (C=N–C) groups is 1. The zero-order chi connectivity index (χ0) is 23.5. The fourth-order valence-corrected chi connectivity index (χ4v) is 4.89. The monoisotopic (exact) mass is 440 g/mol. The Morgan fingerprint density at radius 1 is 1.25 bits per heavy atom. The molecule has 4 rings (SSSR count). The van der Waals surface area contributed by atoms with E-state index in [0.29, 0.717) is 19.4 Å².